The van der Waals surface area contributed by atoms with Crippen LogP contribution in [0.5, 0.6) is 0 Å². The number of nitrogens with one attached hydrogen (secondary N) is 1. The van der Waals surface area contributed by atoms with Crippen molar-refractivity contribution < 1.29 is 0 Å². The molecule has 1 N–H and O–H groups in total. The molecular formula is C18H21N3. The van der Waals surface area contributed by atoms with Crippen molar-refractivity contribution in [1.29, 1.82) is 0 Å². The summed E-state index contributed by atoms with van der Waals surface area (Å²) in [7, 11) is 2.08. The van der Waals surface area contributed by atoms with E-state index in [0.29, 0.717) is 0 Å². The number of anilines is 1. The molecular weight excluding hydrogens is 258 g/mol. The third kappa shape index (κ3) is 2.40. The Morgan fingerprint density at radius 2 is 1.81 bits per heavy atom. The summed E-state index contributed by atoms with van der Waals surface area (Å²) >= 11 is 0. The number of fused-ring (bicyclic) bond motifs is 1. The van der Waals surface area contributed by atoms with Crippen molar-refractivity contribution in [1.82, 2.24) is 9.55 Å². The predicted octanol–water partition coefficient (Wildman–Crippen LogP) is 4.36. The first-order chi connectivity index (χ1) is 10.1. The second-order valence-corrected chi connectivity index (χ2v) is 5.63. The molecule has 3 aromatic rings. The van der Waals surface area contributed by atoms with Crippen LogP contribution < -0.4 is 5.32 Å². The Balaban J connectivity index is 1.95. The first kappa shape index (κ1) is 13.7. The summed E-state index contributed by atoms with van der Waals surface area (Å²) in [5.74, 6) is 1.05. The van der Waals surface area contributed by atoms with E-state index >= 15 is 0 Å². The van der Waals surface area contributed by atoms with Gasteiger partial charge >= 0.3 is 0 Å². The molecule has 0 aliphatic rings. The van der Waals surface area contributed by atoms with E-state index in [-0.39, 0.29) is 6.04 Å². The van der Waals surface area contributed by atoms with E-state index in [4.69, 9.17) is 4.98 Å². The Morgan fingerprint density at radius 1 is 1.05 bits per heavy atom. The molecule has 3 rings (SSSR count). The van der Waals surface area contributed by atoms with E-state index in [1.807, 2.05) is 6.07 Å². The molecule has 1 atom stereocenters. The molecule has 3 heteroatoms. The third-order valence-corrected chi connectivity index (χ3v) is 4.19. The third-order valence-electron chi connectivity index (χ3n) is 4.19. The standard InChI is InChI=1S/C18H21N3/c1-12-8-7-10-15(13(12)2)19-14(3)18-20-16-9-5-6-11-17(16)21(18)4/h5-11,14,19H,1-4H3. The summed E-state index contributed by atoms with van der Waals surface area (Å²) in [6.45, 7) is 6.45. The summed E-state index contributed by atoms with van der Waals surface area (Å²) < 4.78 is 2.16. The molecule has 2 aromatic carbocycles. The summed E-state index contributed by atoms with van der Waals surface area (Å²) in [6.07, 6.45) is 0. The van der Waals surface area contributed by atoms with Crippen molar-refractivity contribution >= 4 is 16.7 Å². The van der Waals surface area contributed by atoms with Crippen LogP contribution in [0.25, 0.3) is 11.0 Å². The maximum absolute atomic E-state index is 4.76. The van der Waals surface area contributed by atoms with Gasteiger partial charge in [0.2, 0.25) is 0 Å². The molecule has 1 heterocycles. The van der Waals surface area contributed by atoms with Gasteiger partial charge in [0.25, 0.3) is 0 Å². The molecule has 0 spiro atoms. The molecule has 21 heavy (non-hydrogen) atoms. The minimum Gasteiger partial charge on any atom is -0.375 e. The summed E-state index contributed by atoms with van der Waals surface area (Å²) in [5.41, 5.74) is 5.99. The highest BCUT2D eigenvalue weighted by molar-refractivity contribution is 5.76. The number of para-hydroxylation sites is 2. The zero-order valence-corrected chi connectivity index (χ0v) is 13.0. The molecule has 0 saturated carbocycles. The van der Waals surface area contributed by atoms with E-state index in [0.717, 1.165) is 11.3 Å². The molecule has 0 saturated heterocycles. The molecule has 0 aliphatic carbocycles. The Morgan fingerprint density at radius 3 is 2.57 bits per heavy atom. The fourth-order valence-electron chi connectivity index (χ4n) is 2.76. The molecule has 1 aromatic heterocycles. The number of imidazole rings is 1. The van der Waals surface area contributed by atoms with E-state index in [9.17, 15) is 0 Å². The highest BCUT2D eigenvalue weighted by Gasteiger charge is 2.15. The number of hydrogen-bond donors (Lipinski definition) is 1. The quantitative estimate of drug-likeness (QED) is 0.772. The Kier molecular flexibility index (Phi) is 3.42. The number of aromatic nitrogens is 2. The minimum absolute atomic E-state index is 0.155. The van der Waals surface area contributed by atoms with Crippen LogP contribution in [-0.4, -0.2) is 9.55 Å². The summed E-state index contributed by atoms with van der Waals surface area (Å²) in [5, 5.41) is 3.59. The lowest BCUT2D eigenvalue weighted by Gasteiger charge is -2.18. The molecule has 3 nitrogen and oxygen atoms in total. The molecule has 1 unspecified atom stereocenters. The van der Waals surface area contributed by atoms with Crippen LogP contribution in [0.2, 0.25) is 0 Å². The van der Waals surface area contributed by atoms with Crippen molar-refractivity contribution in [2.24, 2.45) is 7.05 Å². The van der Waals surface area contributed by atoms with Gasteiger partial charge in [-0.1, -0.05) is 24.3 Å². The zero-order valence-electron chi connectivity index (χ0n) is 13.0. The SMILES string of the molecule is Cc1cccc(NC(C)c2nc3ccccc3n2C)c1C. The molecule has 0 radical (unpaired) electrons. The van der Waals surface area contributed by atoms with E-state index < -0.39 is 0 Å². The monoisotopic (exact) mass is 279 g/mol. The highest BCUT2D eigenvalue weighted by atomic mass is 15.1. The number of nitrogens with zero attached hydrogens (tertiary/aromatic N) is 2. The van der Waals surface area contributed by atoms with E-state index in [1.165, 1.54) is 22.3 Å². The fourth-order valence-corrected chi connectivity index (χ4v) is 2.76. The summed E-state index contributed by atoms with van der Waals surface area (Å²) in [6, 6.07) is 14.8. The Bertz CT molecular complexity index is 786. The normalized spacial score (nSPS) is 12.6. The van der Waals surface area contributed by atoms with Crippen LogP contribution in [0.1, 0.15) is 29.9 Å². The highest BCUT2D eigenvalue weighted by Crippen LogP contribution is 2.25. The minimum atomic E-state index is 0.155. The molecule has 0 bridgehead atoms. The second kappa shape index (κ2) is 5.24. The second-order valence-electron chi connectivity index (χ2n) is 5.63. The lowest BCUT2D eigenvalue weighted by Crippen LogP contribution is -2.13. The van der Waals surface area contributed by atoms with Crippen molar-refractivity contribution in [3.05, 3.63) is 59.4 Å². The molecule has 108 valence electrons. The number of aryl methyl sites for hydroxylation is 2. The Labute approximate surface area is 125 Å². The van der Waals surface area contributed by atoms with Gasteiger partial charge in [-0.25, -0.2) is 4.98 Å². The van der Waals surface area contributed by atoms with Gasteiger partial charge in [0.15, 0.2) is 0 Å². The van der Waals surface area contributed by atoms with Gasteiger partial charge in [-0.3, -0.25) is 0 Å². The van der Waals surface area contributed by atoms with Gasteiger partial charge in [-0.05, 0) is 50.1 Å². The van der Waals surface area contributed by atoms with Crippen LogP contribution in [-0.2, 0) is 7.05 Å². The number of benzene rings is 2. The van der Waals surface area contributed by atoms with Gasteiger partial charge in [0.1, 0.15) is 5.82 Å². The molecule has 0 fully saturated rings. The van der Waals surface area contributed by atoms with Crippen molar-refractivity contribution in [2.45, 2.75) is 26.8 Å². The maximum Gasteiger partial charge on any atom is 0.131 e. The first-order valence-electron chi connectivity index (χ1n) is 7.32. The van der Waals surface area contributed by atoms with Gasteiger partial charge in [-0.2, -0.15) is 0 Å². The van der Waals surface area contributed by atoms with Crippen molar-refractivity contribution in [3.8, 4) is 0 Å². The topological polar surface area (TPSA) is 29.9 Å². The van der Waals surface area contributed by atoms with Crippen LogP contribution in [0.3, 0.4) is 0 Å². The van der Waals surface area contributed by atoms with Gasteiger partial charge < -0.3 is 9.88 Å². The van der Waals surface area contributed by atoms with Crippen LogP contribution >= 0.6 is 0 Å². The largest absolute Gasteiger partial charge is 0.375 e. The first-order valence-corrected chi connectivity index (χ1v) is 7.32. The molecule has 0 aliphatic heterocycles. The predicted molar refractivity (Wildman–Crippen MR) is 88.7 cm³/mol. The van der Waals surface area contributed by atoms with Crippen molar-refractivity contribution in [2.75, 3.05) is 5.32 Å². The zero-order chi connectivity index (χ0) is 15.0. The van der Waals surface area contributed by atoms with Crippen LogP contribution in [0.15, 0.2) is 42.5 Å². The number of rotatable bonds is 3. The smallest absolute Gasteiger partial charge is 0.131 e. The molecule has 0 amide bonds. The van der Waals surface area contributed by atoms with Crippen LogP contribution in [0.4, 0.5) is 5.69 Å². The fraction of sp³-hybridized carbons (Fsp3) is 0.278. The van der Waals surface area contributed by atoms with Crippen LogP contribution in [0, 0.1) is 13.8 Å². The van der Waals surface area contributed by atoms with Gasteiger partial charge in [0.05, 0.1) is 17.1 Å². The van der Waals surface area contributed by atoms with Gasteiger partial charge in [-0.15, -0.1) is 0 Å². The van der Waals surface area contributed by atoms with Gasteiger partial charge in [0, 0.05) is 12.7 Å². The summed E-state index contributed by atoms with van der Waals surface area (Å²) in [4.78, 5) is 4.76. The average Bonchev–Trinajstić information content (AvgIpc) is 2.82. The lowest BCUT2D eigenvalue weighted by molar-refractivity contribution is 0.733. The average molecular weight is 279 g/mol. The van der Waals surface area contributed by atoms with Crippen molar-refractivity contribution in [3.63, 3.8) is 0 Å². The lowest BCUT2D eigenvalue weighted by atomic mass is 10.1. The number of hydrogen-bond acceptors (Lipinski definition) is 2. The van der Waals surface area contributed by atoms with E-state index in [2.05, 4.69) is 74.1 Å². The van der Waals surface area contributed by atoms with E-state index in [1.54, 1.807) is 0 Å². The Hall–Kier alpha value is -2.29. The maximum atomic E-state index is 4.76.